The first-order chi connectivity index (χ1) is 22.4. The molecule has 0 spiro atoms. The average molecular weight is 600 g/mol. The molecule has 0 atom stereocenters. The Bertz CT molecular complexity index is 2270. The molecule has 226 valence electrons. The summed E-state index contributed by atoms with van der Waals surface area (Å²) in [7, 11) is 0. The SMILES string of the molecule is CC(C)c1cccc(C(C)C)c1-n1c(-c2ccccc2O)nc2c(-c3nc4c(c5ccccc35)CCc3ccccc3-4)cccc21. The Morgan fingerprint density at radius 3 is 1.96 bits per heavy atom. The average Bonchev–Trinajstić information content (AvgIpc) is 3.46. The van der Waals surface area contributed by atoms with Crippen LogP contribution in [0, 0.1) is 0 Å². The van der Waals surface area contributed by atoms with E-state index in [9.17, 15) is 5.11 Å². The van der Waals surface area contributed by atoms with Crippen molar-refractivity contribution in [2.24, 2.45) is 0 Å². The van der Waals surface area contributed by atoms with Crippen LogP contribution in [-0.2, 0) is 12.8 Å². The molecule has 0 radical (unpaired) electrons. The minimum absolute atomic E-state index is 0.211. The quantitative estimate of drug-likeness (QED) is 0.214. The number of rotatable bonds is 5. The lowest BCUT2D eigenvalue weighted by Crippen LogP contribution is -2.08. The summed E-state index contributed by atoms with van der Waals surface area (Å²) in [6, 6.07) is 38.0. The van der Waals surface area contributed by atoms with Crippen molar-refractivity contribution in [3.8, 4) is 45.3 Å². The van der Waals surface area contributed by atoms with Gasteiger partial charge in [0, 0.05) is 16.5 Å². The number of fused-ring (bicyclic) bond motifs is 6. The molecule has 4 heteroatoms. The van der Waals surface area contributed by atoms with Crippen molar-refractivity contribution in [3.05, 3.63) is 131 Å². The summed E-state index contributed by atoms with van der Waals surface area (Å²) in [6.07, 6.45) is 1.99. The Balaban J connectivity index is 1.50. The maximum Gasteiger partial charge on any atom is 0.149 e. The van der Waals surface area contributed by atoms with Gasteiger partial charge in [-0.1, -0.05) is 119 Å². The van der Waals surface area contributed by atoms with Crippen molar-refractivity contribution in [1.82, 2.24) is 14.5 Å². The Labute approximate surface area is 270 Å². The number of hydrogen-bond acceptors (Lipinski definition) is 3. The highest BCUT2D eigenvalue weighted by molar-refractivity contribution is 6.06. The minimum atomic E-state index is 0.211. The molecule has 4 nitrogen and oxygen atoms in total. The first kappa shape index (κ1) is 28.3. The smallest absolute Gasteiger partial charge is 0.149 e. The fraction of sp³-hybridized carbons (Fsp3) is 0.190. The fourth-order valence-electron chi connectivity index (χ4n) is 7.36. The van der Waals surface area contributed by atoms with Crippen LogP contribution in [-0.4, -0.2) is 19.6 Å². The van der Waals surface area contributed by atoms with Crippen molar-refractivity contribution in [1.29, 1.82) is 0 Å². The van der Waals surface area contributed by atoms with Gasteiger partial charge >= 0.3 is 0 Å². The zero-order valence-corrected chi connectivity index (χ0v) is 26.8. The van der Waals surface area contributed by atoms with Crippen LogP contribution in [0.25, 0.3) is 61.4 Å². The molecule has 1 N–H and O–H groups in total. The molecular formula is C42H37N3O. The summed E-state index contributed by atoms with van der Waals surface area (Å²) >= 11 is 0. The molecule has 1 aliphatic carbocycles. The summed E-state index contributed by atoms with van der Waals surface area (Å²) in [5, 5.41) is 13.6. The predicted octanol–water partition coefficient (Wildman–Crippen LogP) is 10.6. The van der Waals surface area contributed by atoms with E-state index in [1.165, 1.54) is 33.2 Å². The van der Waals surface area contributed by atoms with Gasteiger partial charge in [-0.2, -0.15) is 0 Å². The second-order valence-electron chi connectivity index (χ2n) is 13.0. The van der Waals surface area contributed by atoms with E-state index in [1.54, 1.807) is 6.07 Å². The van der Waals surface area contributed by atoms with Crippen LogP contribution in [0.5, 0.6) is 5.75 Å². The van der Waals surface area contributed by atoms with E-state index in [0.29, 0.717) is 5.56 Å². The van der Waals surface area contributed by atoms with Gasteiger partial charge in [-0.25, -0.2) is 9.97 Å². The lowest BCUT2D eigenvalue weighted by molar-refractivity contribution is 0.477. The highest BCUT2D eigenvalue weighted by Gasteiger charge is 2.27. The summed E-state index contributed by atoms with van der Waals surface area (Å²) < 4.78 is 2.29. The van der Waals surface area contributed by atoms with Gasteiger partial charge in [-0.05, 0) is 70.5 Å². The maximum absolute atomic E-state index is 11.2. The lowest BCUT2D eigenvalue weighted by Gasteiger charge is -2.23. The van der Waals surface area contributed by atoms with Crippen molar-refractivity contribution in [2.45, 2.75) is 52.4 Å². The molecule has 0 amide bonds. The number of pyridine rings is 1. The third-order valence-electron chi connectivity index (χ3n) is 9.58. The molecule has 0 bridgehead atoms. The topological polar surface area (TPSA) is 50.9 Å². The van der Waals surface area contributed by atoms with E-state index in [-0.39, 0.29) is 17.6 Å². The van der Waals surface area contributed by atoms with Crippen LogP contribution in [0.15, 0.2) is 109 Å². The summed E-state index contributed by atoms with van der Waals surface area (Å²) in [4.78, 5) is 10.9. The summed E-state index contributed by atoms with van der Waals surface area (Å²) in [6.45, 7) is 8.98. The van der Waals surface area contributed by atoms with Gasteiger partial charge in [-0.15, -0.1) is 0 Å². The third kappa shape index (κ3) is 4.35. The largest absolute Gasteiger partial charge is 0.507 e. The molecule has 0 saturated heterocycles. The van der Waals surface area contributed by atoms with Crippen LogP contribution in [0.3, 0.4) is 0 Å². The van der Waals surface area contributed by atoms with Gasteiger partial charge in [0.15, 0.2) is 0 Å². The number of benzene rings is 5. The first-order valence-electron chi connectivity index (χ1n) is 16.4. The number of imidazole rings is 1. The van der Waals surface area contributed by atoms with Crippen LogP contribution < -0.4 is 0 Å². The van der Waals surface area contributed by atoms with E-state index in [2.05, 4.69) is 117 Å². The van der Waals surface area contributed by atoms with Gasteiger partial charge in [0.05, 0.1) is 33.7 Å². The molecule has 7 aromatic rings. The first-order valence-corrected chi connectivity index (χ1v) is 16.4. The maximum atomic E-state index is 11.2. The molecule has 8 rings (SSSR count). The lowest BCUT2D eigenvalue weighted by atomic mass is 9.85. The van der Waals surface area contributed by atoms with Crippen molar-refractivity contribution in [2.75, 3.05) is 0 Å². The molecule has 46 heavy (non-hydrogen) atoms. The van der Waals surface area contributed by atoms with E-state index in [0.717, 1.165) is 57.7 Å². The molecule has 0 saturated carbocycles. The fourth-order valence-corrected chi connectivity index (χ4v) is 7.36. The standard InChI is InChI=1S/C42H37N3O/c1-25(2)28-18-11-19-29(26(3)4)41(28)45-36-21-12-20-35(40(36)44-42(45)34-17-9-10-22-37(34)46)39-32-16-8-7-15-31(32)33-24-23-27-13-5-6-14-30(27)38(33)43-39/h5-22,25-26,46H,23-24H2,1-4H3. The molecule has 1 aliphatic rings. The molecule has 5 aromatic carbocycles. The molecule has 0 fully saturated rings. The summed E-state index contributed by atoms with van der Waals surface area (Å²) in [5.74, 6) is 1.52. The van der Waals surface area contributed by atoms with E-state index in [4.69, 9.17) is 9.97 Å². The highest BCUT2D eigenvalue weighted by atomic mass is 16.3. The Kier molecular flexibility index (Phi) is 6.75. The number of nitrogens with zero attached hydrogens (tertiary/aromatic N) is 3. The number of phenols is 1. The summed E-state index contributed by atoms with van der Waals surface area (Å²) in [5.41, 5.74) is 13.1. The number of hydrogen-bond donors (Lipinski definition) is 1. The van der Waals surface area contributed by atoms with Crippen LogP contribution in [0.1, 0.15) is 61.8 Å². The van der Waals surface area contributed by atoms with Crippen LogP contribution in [0.2, 0.25) is 0 Å². The zero-order chi connectivity index (χ0) is 31.5. The number of para-hydroxylation sites is 3. The van der Waals surface area contributed by atoms with Gasteiger partial charge in [-0.3, -0.25) is 4.57 Å². The van der Waals surface area contributed by atoms with E-state index >= 15 is 0 Å². The number of aryl methyl sites for hydroxylation is 2. The number of phenolic OH excluding ortho intramolecular Hbond substituents is 1. The second-order valence-corrected chi connectivity index (χ2v) is 13.0. The second kappa shape index (κ2) is 11.0. The van der Waals surface area contributed by atoms with Crippen molar-refractivity contribution < 1.29 is 5.11 Å². The number of aromatic hydroxyl groups is 1. The highest BCUT2D eigenvalue weighted by Crippen LogP contribution is 2.44. The third-order valence-corrected chi connectivity index (χ3v) is 9.58. The Morgan fingerprint density at radius 2 is 1.22 bits per heavy atom. The monoisotopic (exact) mass is 599 g/mol. The zero-order valence-electron chi connectivity index (χ0n) is 26.8. The van der Waals surface area contributed by atoms with Gasteiger partial charge < -0.3 is 5.11 Å². The van der Waals surface area contributed by atoms with Crippen molar-refractivity contribution in [3.63, 3.8) is 0 Å². The van der Waals surface area contributed by atoms with Gasteiger partial charge in [0.25, 0.3) is 0 Å². The van der Waals surface area contributed by atoms with Gasteiger partial charge in [0.2, 0.25) is 0 Å². The minimum Gasteiger partial charge on any atom is -0.507 e. The number of aromatic nitrogens is 3. The van der Waals surface area contributed by atoms with Crippen LogP contribution >= 0.6 is 0 Å². The van der Waals surface area contributed by atoms with Gasteiger partial charge in [0.1, 0.15) is 11.6 Å². The molecule has 2 heterocycles. The van der Waals surface area contributed by atoms with E-state index < -0.39 is 0 Å². The van der Waals surface area contributed by atoms with Crippen molar-refractivity contribution >= 4 is 21.8 Å². The van der Waals surface area contributed by atoms with Crippen LogP contribution in [0.4, 0.5) is 0 Å². The Morgan fingerprint density at radius 1 is 0.587 bits per heavy atom. The molecule has 0 unspecified atom stereocenters. The predicted molar refractivity (Wildman–Crippen MR) is 190 cm³/mol. The normalized spacial score (nSPS) is 12.7. The molecular weight excluding hydrogens is 562 g/mol. The molecule has 0 aliphatic heterocycles. The molecule has 2 aromatic heterocycles. The Hall–Kier alpha value is -5.22. The van der Waals surface area contributed by atoms with E-state index in [1.807, 2.05) is 18.2 Å².